The molecule has 2 aromatic rings. The van der Waals surface area contributed by atoms with Crippen molar-refractivity contribution in [2.24, 2.45) is 5.92 Å². The number of anilines is 1. The number of para-hydroxylation sites is 1. The molecule has 4 heteroatoms. The smallest absolute Gasteiger partial charge is 0.255 e. The first-order chi connectivity index (χ1) is 12.1. The van der Waals surface area contributed by atoms with E-state index in [1.54, 1.807) is 0 Å². The number of hydrogen-bond acceptors (Lipinski definition) is 3. The molecule has 1 unspecified atom stereocenters. The van der Waals surface area contributed by atoms with Gasteiger partial charge in [-0.2, -0.15) is 0 Å². The van der Waals surface area contributed by atoms with E-state index in [9.17, 15) is 9.59 Å². The van der Waals surface area contributed by atoms with Crippen molar-refractivity contribution in [1.29, 1.82) is 0 Å². The molecule has 4 nitrogen and oxygen atoms in total. The zero-order chi connectivity index (χ0) is 17.4. The lowest BCUT2D eigenvalue weighted by molar-refractivity contribution is -0.124. The van der Waals surface area contributed by atoms with Crippen LogP contribution in [0.2, 0.25) is 0 Å². The number of nitrogens with one attached hydrogen (secondary N) is 1. The summed E-state index contributed by atoms with van der Waals surface area (Å²) in [7, 11) is 2.10. The van der Waals surface area contributed by atoms with Crippen LogP contribution < -0.4 is 5.32 Å². The van der Waals surface area contributed by atoms with E-state index < -0.39 is 0 Å². The molecule has 0 bridgehead atoms. The van der Waals surface area contributed by atoms with E-state index in [1.807, 2.05) is 48.5 Å². The predicted octanol–water partition coefficient (Wildman–Crippen LogP) is 3.30. The van der Waals surface area contributed by atoms with Crippen molar-refractivity contribution in [3.63, 3.8) is 0 Å². The number of ketones is 1. The van der Waals surface area contributed by atoms with Crippen LogP contribution in [0.1, 0.15) is 40.2 Å². The van der Waals surface area contributed by atoms with Crippen molar-refractivity contribution in [3.8, 4) is 0 Å². The van der Waals surface area contributed by atoms with Crippen molar-refractivity contribution in [3.05, 3.63) is 65.2 Å². The highest BCUT2D eigenvalue weighted by atomic mass is 16.2. The molecule has 0 aliphatic carbocycles. The lowest BCUT2D eigenvalue weighted by atomic mass is 9.78. The number of rotatable bonds is 2. The number of Topliss-reactive ketones (excluding diaryl/α,β-unsaturated/α-hetero) is 1. The molecule has 0 saturated carbocycles. The number of fused-ring (bicyclic) bond motifs is 2. The zero-order valence-corrected chi connectivity index (χ0v) is 14.4. The van der Waals surface area contributed by atoms with Gasteiger partial charge in [0.1, 0.15) is 5.78 Å². The van der Waals surface area contributed by atoms with Crippen molar-refractivity contribution < 1.29 is 9.59 Å². The molecule has 128 valence electrons. The summed E-state index contributed by atoms with van der Waals surface area (Å²) in [4.78, 5) is 28.4. The number of hydrogen-bond donors (Lipinski definition) is 1. The topological polar surface area (TPSA) is 49.4 Å². The normalized spacial score (nSPS) is 21.0. The average molecular weight is 334 g/mol. The number of amides is 1. The third-order valence-electron chi connectivity index (χ3n) is 5.44. The second-order valence-corrected chi connectivity index (χ2v) is 7.04. The molecule has 2 aliphatic rings. The summed E-state index contributed by atoms with van der Waals surface area (Å²) in [6.07, 6.45) is 1.77. The molecule has 2 heterocycles. The first-order valence-electron chi connectivity index (χ1n) is 8.86. The summed E-state index contributed by atoms with van der Waals surface area (Å²) in [6, 6.07) is 15.2. The summed E-state index contributed by atoms with van der Waals surface area (Å²) in [5.74, 6) is -0.221. The van der Waals surface area contributed by atoms with Crippen LogP contribution in [-0.4, -0.2) is 36.7 Å². The SMILES string of the molecule is CN1CCC(C(=O)C2c3ccccc3NC(=O)c3ccccc32)CC1. The molecule has 2 aromatic carbocycles. The van der Waals surface area contributed by atoms with E-state index in [-0.39, 0.29) is 23.5 Å². The van der Waals surface area contributed by atoms with Crippen molar-refractivity contribution in [1.82, 2.24) is 4.90 Å². The lowest BCUT2D eigenvalue weighted by Gasteiger charge is -2.31. The molecule has 1 saturated heterocycles. The van der Waals surface area contributed by atoms with Crippen LogP contribution >= 0.6 is 0 Å². The highest BCUT2D eigenvalue weighted by molar-refractivity contribution is 6.09. The lowest BCUT2D eigenvalue weighted by Crippen LogP contribution is -2.35. The Morgan fingerprint density at radius 3 is 2.40 bits per heavy atom. The second kappa shape index (κ2) is 6.45. The number of benzene rings is 2. The van der Waals surface area contributed by atoms with Crippen molar-refractivity contribution >= 4 is 17.4 Å². The highest BCUT2D eigenvalue weighted by Crippen LogP contribution is 2.39. The minimum Gasteiger partial charge on any atom is -0.322 e. The summed E-state index contributed by atoms with van der Waals surface area (Å²) in [5.41, 5.74) is 3.08. The quantitative estimate of drug-likeness (QED) is 0.917. The number of carbonyl (C=O) groups is 2. The fourth-order valence-electron chi connectivity index (χ4n) is 4.01. The average Bonchev–Trinajstić information content (AvgIpc) is 2.76. The summed E-state index contributed by atoms with van der Waals surface area (Å²) in [6.45, 7) is 1.90. The number of likely N-dealkylation sites (tertiary alicyclic amines) is 1. The van der Waals surface area contributed by atoms with Crippen LogP contribution in [0.3, 0.4) is 0 Å². The van der Waals surface area contributed by atoms with Gasteiger partial charge in [0.25, 0.3) is 5.91 Å². The molecular weight excluding hydrogens is 312 g/mol. The van der Waals surface area contributed by atoms with E-state index in [4.69, 9.17) is 0 Å². The summed E-state index contributed by atoms with van der Waals surface area (Å²) in [5, 5.41) is 2.97. The molecule has 0 aromatic heterocycles. The molecule has 1 amide bonds. The monoisotopic (exact) mass is 334 g/mol. The first-order valence-corrected chi connectivity index (χ1v) is 8.86. The van der Waals surface area contributed by atoms with Crippen LogP contribution in [0.25, 0.3) is 0 Å². The number of piperidine rings is 1. The third kappa shape index (κ3) is 2.87. The molecule has 1 atom stereocenters. The molecule has 4 rings (SSSR count). The summed E-state index contributed by atoms with van der Waals surface area (Å²) < 4.78 is 0. The fourth-order valence-corrected chi connectivity index (χ4v) is 4.01. The van der Waals surface area contributed by atoms with Gasteiger partial charge >= 0.3 is 0 Å². The predicted molar refractivity (Wildman–Crippen MR) is 97.9 cm³/mol. The van der Waals surface area contributed by atoms with E-state index in [1.165, 1.54) is 0 Å². The van der Waals surface area contributed by atoms with Crippen LogP contribution in [0, 0.1) is 5.92 Å². The van der Waals surface area contributed by atoms with Gasteiger partial charge in [0.15, 0.2) is 0 Å². The minimum atomic E-state index is -0.375. The molecular formula is C21H22N2O2. The Balaban J connectivity index is 1.81. The molecule has 25 heavy (non-hydrogen) atoms. The Morgan fingerprint density at radius 1 is 1.00 bits per heavy atom. The largest absolute Gasteiger partial charge is 0.322 e. The van der Waals surface area contributed by atoms with E-state index in [0.29, 0.717) is 5.56 Å². The van der Waals surface area contributed by atoms with Crippen LogP contribution in [-0.2, 0) is 4.79 Å². The van der Waals surface area contributed by atoms with E-state index in [0.717, 1.165) is 42.7 Å². The maximum absolute atomic E-state index is 13.5. The maximum atomic E-state index is 13.5. The van der Waals surface area contributed by atoms with Crippen LogP contribution in [0.4, 0.5) is 5.69 Å². The van der Waals surface area contributed by atoms with Gasteiger partial charge in [0.2, 0.25) is 0 Å². The number of carbonyl (C=O) groups excluding carboxylic acids is 2. The van der Waals surface area contributed by atoms with Gasteiger partial charge in [-0.15, -0.1) is 0 Å². The summed E-state index contributed by atoms with van der Waals surface area (Å²) >= 11 is 0. The fraction of sp³-hybridized carbons (Fsp3) is 0.333. The van der Waals surface area contributed by atoms with Gasteiger partial charge in [0.05, 0.1) is 5.92 Å². The highest BCUT2D eigenvalue weighted by Gasteiger charge is 2.36. The van der Waals surface area contributed by atoms with Gasteiger partial charge in [0, 0.05) is 17.2 Å². The third-order valence-corrected chi connectivity index (χ3v) is 5.44. The van der Waals surface area contributed by atoms with Gasteiger partial charge in [-0.05, 0) is 56.2 Å². The number of nitrogens with zero attached hydrogens (tertiary/aromatic N) is 1. The maximum Gasteiger partial charge on any atom is 0.255 e. The second-order valence-electron chi connectivity index (χ2n) is 7.04. The standard InChI is InChI=1S/C21H22N2O2/c1-23-12-10-14(11-13-23)20(24)19-15-6-2-3-7-16(15)21(25)22-18-9-5-4-8-17(18)19/h2-9,14,19H,10-13H2,1H3,(H,22,25). The Labute approximate surface area is 147 Å². The van der Waals surface area contributed by atoms with Gasteiger partial charge in [-0.25, -0.2) is 0 Å². The Bertz CT molecular complexity index is 822. The van der Waals surface area contributed by atoms with E-state index in [2.05, 4.69) is 17.3 Å². The Morgan fingerprint density at radius 2 is 1.64 bits per heavy atom. The zero-order valence-electron chi connectivity index (χ0n) is 14.4. The minimum absolute atomic E-state index is 0.0514. The van der Waals surface area contributed by atoms with Crippen molar-refractivity contribution in [2.45, 2.75) is 18.8 Å². The van der Waals surface area contributed by atoms with Gasteiger partial charge in [-0.1, -0.05) is 36.4 Å². The van der Waals surface area contributed by atoms with Crippen LogP contribution in [0.15, 0.2) is 48.5 Å². The molecule has 2 aliphatic heterocycles. The van der Waals surface area contributed by atoms with Crippen LogP contribution in [0.5, 0.6) is 0 Å². The van der Waals surface area contributed by atoms with E-state index >= 15 is 0 Å². The van der Waals surface area contributed by atoms with Gasteiger partial charge < -0.3 is 10.2 Å². The Kier molecular flexibility index (Phi) is 4.14. The molecule has 0 radical (unpaired) electrons. The Hall–Kier alpha value is -2.46. The first kappa shape index (κ1) is 16.0. The molecule has 1 fully saturated rings. The van der Waals surface area contributed by atoms with Crippen molar-refractivity contribution in [2.75, 3.05) is 25.5 Å². The molecule has 1 N–H and O–H groups in total. The van der Waals surface area contributed by atoms with Gasteiger partial charge in [-0.3, -0.25) is 9.59 Å². The molecule has 0 spiro atoms.